The fourth-order valence-corrected chi connectivity index (χ4v) is 5.27. The molecular weight excluding hydrogens is 444 g/mol. The first kappa shape index (κ1) is 25.5. The highest BCUT2D eigenvalue weighted by atomic mass is 16.6. The van der Waals surface area contributed by atoms with Crippen molar-refractivity contribution in [1.29, 1.82) is 5.26 Å². The molecule has 9 nitrogen and oxygen atoms in total. The van der Waals surface area contributed by atoms with Crippen molar-refractivity contribution in [2.75, 3.05) is 58.3 Å². The highest BCUT2D eigenvalue weighted by Gasteiger charge is 2.35. The minimum Gasteiger partial charge on any atom is -0.476 e. The number of anilines is 1. The van der Waals surface area contributed by atoms with Gasteiger partial charge in [0.25, 0.3) is 0 Å². The number of hydrogen-bond acceptors (Lipinski definition) is 8. The molecule has 3 aliphatic heterocycles. The van der Waals surface area contributed by atoms with E-state index in [1.807, 2.05) is 20.8 Å². The summed E-state index contributed by atoms with van der Waals surface area (Å²) in [5.41, 5.74) is 2.89. The van der Waals surface area contributed by atoms with Crippen LogP contribution in [-0.4, -0.2) is 96.9 Å². The summed E-state index contributed by atoms with van der Waals surface area (Å²) in [5.74, 6) is 0.667. The standard InChI is InChI=1S/C26H40N6O3/c1-26(2,3)35-25(33)32-14-13-31(16-19(32)8-10-27)23-15-24(34-18-20-7-6-11-30(20)5)28-22-17-29(4)12-9-21(22)23/h15,19-20H,6-9,11-14,16-18H2,1-5H3/t19-,20-/m0/s1. The molecule has 0 N–H and O–H groups in total. The number of likely N-dealkylation sites (tertiary alicyclic amines) is 1. The van der Waals surface area contributed by atoms with Gasteiger partial charge in [0.15, 0.2) is 0 Å². The number of piperazine rings is 1. The van der Waals surface area contributed by atoms with Crippen molar-refractivity contribution in [3.8, 4) is 11.9 Å². The number of nitrogens with zero attached hydrogens (tertiary/aromatic N) is 6. The number of amides is 1. The monoisotopic (exact) mass is 484 g/mol. The molecule has 0 radical (unpaired) electrons. The lowest BCUT2D eigenvalue weighted by Gasteiger charge is -2.43. The largest absolute Gasteiger partial charge is 0.476 e. The number of rotatable bonds is 5. The van der Waals surface area contributed by atoms with Crippen molar-refractivity contribution >= 4 is 11.8 Å². The van der Waals surface area contributed by atoms with Crippen LogP contribution in [-0.2, 0) is 17.7 Å². The van der Waals surface area contributed by atoms with Crippen molar-refractivity contribution in [3.63, 3.8) is 0 Å². The normalized spacial score (nSPS) is 23.7. The van der Waals surface area contributed by atoms with Crippen LogP contribution in [0.15, 0.2) is 6.07 Å². The Morgan fingerprint density at radius 3 is 2.69 bits per heavy atom. The number of carbonyl (C=O) groups is 1. The molecule has 2 saturated heterocycles. The van der Waals surface area contributed by atoms with Crippen molar-refractivity contribution in [3.05, 3.63) is 17.3 Å². The zero-order valence-electron chi connectivity index (χ0n) is 21.9. The van der Waals surface area contributed by atoms with Crippen LogP contribution in [0.2, 0.25) is 0 Å². The van der Waals surface area contributed by atoms with E-state index in [-0.39, 0.29) is 18.6 Å². The Hall–Kier alpha value is -2.57. The Morgan fingerprint density at radius 1 is 1.20 bits per heavy atom. The highest BCUT2D eigenvalue weighted by molar-refractivity contribution is 5.69. The van der Waals surface area contributed by atoms with Crippen LogP contribution in [0.5, 0.6) is 5.88 Å². The topological polar surface area (TPSA) is 85.2 Å². The molecule has 9 heteroatoms. The Labute approximate surface area is 209 Å². The SMILES string of the molecule is CN1CCc2c(N3CCN(C(=O)OC(C)(C)C)[C@@H](CC#N)C3)cc(OC[C@@H]3CCCN3C)nc2C1. The van der Waals surface area contributed by atoms with Gasteiger partial charge < -0.3 is 29.1 Å². The molecule has 4 rings (SSSR count). The molecular formula is C26H40N6O3. The lowest BCUT2D eigenvalue weighted by atomic mass is 10.0. The molecule has 1 aromatic rings. The van der Waals surface area contributed by atoms with Gasteiger partial charge in [-0.25, -0.2) is 9.78 Å². The molecule has 2 fully saturated rings. The van der Waals surface area contributed by atoms with Crippen LogP contribution < -0.4 is 9.64 Å². The first-order valence-electron chi connectivity index (χ1n) is 12.8. The number of aromatic nitrogens is 1. The molecule has 1 amide bonds. The maximum atomic E-state index is 12.8. The molecule has 1 aromatic heterocycles. The Bertz CT molecular complexity index is 956. The van der Waals surface area contributed by atoms with Crippen LogP contribution in [0.4, 0.5) is 10.5 Å². The summed E-state index contributed by atoms with van der Waals surface area (Å²) in [6, 6.07) is 4.54. The van der Waals surface area contributed by atoms with E-state index in [2.05, 4.69) is 40.9 Å². The summed E-state index contributed by atoms with van der Waals surface area (Å²) in [6.45, 7) is 10.9. The van der Waals surface area contributed by atoms with Crippen LogP contribution in [0, 0.1) is 11.3 Å². The zero-order valence-corrected chi connectivity index (χ0v) is 21.9. The van der Waals surface area contributed by atoms with Gasteiger partial charge in [0.05, 0.1) is 24.2 Å². The minimum atomic E-state index is -0.568. The maximum Gasteiger partial charge on any atom is 0.410 e. The van der Waals surface area contributed by atoms with Gasteiger partial charge in [0, 0.05) is 50.5 Å². The van der Waals surface area contributed by atoms with Gasteiger partial charge in [0.2, 0.25) is 5.88 Å². The molecule has 0 saturated carbocycles. The molecule has 3 aliphatic rings. The Kier molecular flexibility index (Phi) is 7.72. The summed E-state index contributed by atoms with van der Waals surface area (Å²) in [4.78, 5) is 26.4. The van der Waals surface area contributed by atoms with Crippen LogP contribution >= 0.6 is 0 Å². The van der Waals surface area contributed by atoms with E-state index in [9.17, 15) is 10.1 Å². The van der Waals surface area contributed by atoms with Gasteiger partial charge in [-0.15, -0.1) is 0 Å². The molecule has 4 heterocycles. The molecule has 192 valence electrons. The predicted octanol–water partition coefficient (Wildman–Crippen LogP) is 2.88. The molecule has 0 bridgehead atoms. The minimum absolute atomic E-state index is 0.227. The molecule has 35 heavy (non-hydrogen) atoms. The van der Waals surface area contributed by atoms with Gasteiger partial charge in [-0.1, -0.05) is 0 Å². The van der Waals surface area contributed by atoms with Gasteiger partial charge in [-0.2, -0.15) is 5.26 Å². The van der Waals surface area contributed by atoms with Crippen LogP contribution in [0.1, 0.15) is 51.3 Å². The highest BCUT2D eigenvalue weighted by Crippen LogP contribution is 2.33. The fraction of sp³-hybridized carbons (Fsp3) is 0.731. The summed E-state index contributed by atoms with van der Waals surface area (Å²) in [6.07, 6.45) is 3.21. The number of nitriles is 1. The van der Waals surface area contributed by atoms with Gasteiger partial charge in [-0.05, 0) is 66.2 Å². The molecule has 0 aromatic carbocycles. The summed E-state index contributed by atoms with van der Waals surface area (Å²) in [5, 5.41) is 9.48. The third kappa shape index (κ3) is 6.17. The molecule has 2 atom stereocenters. The van der Waals surface area contributed by atoms with Crippen molar-refractivity contribution in [2.24, 2.45) is 0 Å². The third-order valence-corrected chi connectivity index (χ3v) is 7.20. The Morgan fingerprint density at radius 2 is 2.00 bits per heavy atom. The zero-order chi connectivity index (χ0) is 25.2. The average Bonchev–Trinajstić information content (AvgIpc) is 3.20. The van der Waals surface area contributed by atoms with Crippen molar-refractivity contribution in [2.45, 2.75) is 70.7 Å². The smallest absolute Gasteiger partial charge is 0.410 e. The van der Waals surface area contributed by atoms with Crippen molar-refractivity contribution in [1.82, 2.24) is 19.7 Å². The fourth-order valence-electron chi connectivity index (χ4n) is 5.27. The van der Waals surface area contributed by atoms with E-state index in [0.717, 1.165) is 43.9 Å². The number of carbonyl (C=O) groups excluding carboxylic acids is 1. The van der Waals surface area contributed by atoms with E-state index in [1.54, 1.807) is 4.90 Å². The van der Waals surface area contributed by atoms with E-state index >= 15 is 0 Å². The van der Waals surface area contributed by atoms with E-state index in [4.69, 9.17) is 14.5 Å². The maximum absolute atomic E-state index is 12.8. The molecule has 0 spiro atoms. The molecule has 0 unspecified atom stereocenters. The predicted molar refractivity (Wildman–Crippen MR) is 135 cm³/mol. The number of fused-ring (bicyclic) bond motifs is 1. The lowest BCUT2D eigenvalue weighted by molar-refractivity contribution is 0.0145. The average molecular weight is 485 g/mol. The number of pyridine rings is 1. The van der Waals surface area contributed by atoms with E-state index < -0.39 is 5.60 Å². The number of ether oxygens (including phenoxy) is 2. The number of hydrogen-bond donors (Lipinski definition) is 0. The lowest BCUT2D eigenvalue weighted by Crippen LogP contribution is -2.56. The quantitative estimate of drug-likeness (QED) is 0.631. The second-order valence-electron chi connectivity index (χ2n) is 11.1. The second-order valence-corrected chi connectivity index (χ2v) is 11.1. The molecule has 0 aliphatic carbocycles. The van der Waals surface area contributed by atoms with Gasteiger partial charge >= 0.3 is 6.09 Å². The Balaban J connectivity index is 1.56. The summed E-state index contributed by atoms with van der Waals surface area (Å²) >= 11 is 0. The second kappa shape index (κ2) is 10.6. The third-order valence-electron chi connectivity index (χ3n) is 7.20. The first-order chi connectivity index (χ1) is 16.6. The van der Waals surface area contributed by atoms with Crippen LogP contribution in [0.25, 0.3) is 0 Å². The van der Waals surface area contributed by atoms with Gasteiger partial charge in [-0.3, -0.25) is 0 Å². The van der Waals surface area contributed by atoms with Gasteiger partial charge in [0.1, 0.15) is 12.2 Å². The van der Waals surface area contributed by atoms with E-state index in [0.29, 0.717) is 38.2 Å². The summed E-state index contributed by atoms with van der Waals surface area (Å²) < 4.78 is 11.9. The van der Waals surface area contributed by atoms with E-state index in [1.165, 1.54) is 12.0 Å². The summed E-state index contributed by atoms with van der Waals surface area (Å²) in [7, 11) is 4.27. The first-order valence-corrected chi connectivity index (χ1v) is 12.8. The van der Waals surface area contributed by atoms with Crippen LogP contribution in [0.3, 0.4) is 0 Å². The number of likely N-dealkylation sites (N-methyl/N-ethyl adjacent to an activating group) is 2. The van der Waals surface area contributed by atoms with Crippen molar-refractivity contribution < 1.29 is 14.3 Å².